The number of piperidine rings is 1. The van der Waals surface area contributed by atoms with Crippen LogP contribution in [0.3, 0.4) is 0 Å². The van der Waals surface area contributed by atoms with Crippen molar-refractivity contribution in [2.24, 2.45) is 5.73 Å². The molecule has 0 saturated carbocycles. The third kappa shape index (κ3) is 4.41. The second-order valence-corrected chi connectivity index (χ2v) is 8.43. The molecule has 2 aromatic rings. The Hall–Kier alpha value is -2.75. The van der Waals surface area contributed by atoms with Gasteiger partial charge in [-0.15, -0.1) is 0 Å². The molecular formula is C22H25ClFN5O3. The van der Waals surface area contributed by atoms with E-state index in [2.05, 4.69) is 15.3 Å². The fourth-order valence-corrected chi connectivity index (χ4v) is 3.99. The van der Waals surface area contributed by atoms with Gasteiger partial charge in [0.25, 0.3) is 5.91 Å². The highest BCUT2D eigenvalue weighted by molar-refractivity contribution is 6.31. The van der Waals surface area contributed by atoms with Gasteiger partial charge >= 0.3 is 0 Å². The Balaban J connectivity index is 1.57. The number of carbonyl (C=O) groups is 1. The maximum Gasteiger partial charge on any atom is 0.258 e. The third-order valence-corrected chi connectivity index (χ3v) is 6.23. The zero-order valence-electron chi connectivity index (χ0n) is 17.9. The summed E-state index contributed by atoms with van der Waals surface area (Å²) in [6, 6.07) is 3.77. The lowest BCUT2D eigenvalue weighted by Gasteiger charge is -2.30. The number of hydrogen-bond acceptors (Lipinski definition) is 7. The van der Waals surface area contributed by atoms with Gasteiger partial charge in [-0.1, -0.05) is 11.6 Å². The first-order valence-electron chi connectivity index (χ1n) is 10.4. The minimum Gasteiger partial charge on any atom is -0.487 e. The fourth-order valence-electron chi connectivity index (χ4n) is 3.90. The summed E-state index contributed by atoms with van der Waals surface area (Å²) >= 11 is 6.17. The number of nitrogens with two attached hydrogens (primary N) is 1. The number of amides is 1. The first-order valence-corrected chi connectivity index (χ1v) is 10.7. The molecule has 3 heterocycles. The first-order chi connectivity index (χ1) is 15.2. The molecule has 4 N–H and O–H groups in total. The van der Waals surface area contributed by atoms with E-state index in [4.69, 9.17) is 22.1 Å². The fraction of sp³-hybridized carbons (Fsp3) is 0.409. The molecule has 0 radical (unpaired) electrons. The van der Waals surface area contributed by atoms with Crippen LogP contribution in [0, 0.1) is 19.7 Å². The molecule has 1 unspecified atom stereocenters. The second-order valence-electron chi connectivity index (χ2n) is 8.05. The number of aromatic nitrogens is 2. The normalized spacial score (nSPS) is 21.2. The number of benzene rings is 1. The van der Waals surface area contributed by atoms with E-state index in [1.165, 1.54) is 23.1 Å². The van der Waals surface area contributed by atoms with E-state index in [0.717, 1.165) is 0 Å². The zero-order valence-corrected chi connectivity index (χ0v) is 18.6. The van der Waals surface area contributed by atoms with Gasteiger partial charge in [0.2, 0.25) is 0 Å². The van der Waals surface area contributed by atoms with E-state index in [1.54, 1.807) is 13.8 Å². The highest BCUT2D eigenvalue weighted by atomic mass is 35.5. The zero-order chi connectivity index (χ0) is 23.0. The Bertz CT molecular complexity index is 1070. The van der Waals surface area contributed by atoms with Crippen molar-refractivity contribution in [3.8, 4) is 5.75 Å². The van der Waals surface area contributed by atoms with Gasteiger partial charge in [-0.3, -0.25) is 4.79 Å². The number of nitrogens with one attached hydrogen (secondary N) is 1. The number of halogens is 2. The lowest BCUT2D eigenvalue weighted by atomic mass is 10.1. The largest absolute Gasteiger partial charge is 0.487 e. The second kappa shape index (κ2) is 9.01. The highest BCUT2D eigenvalue weighted by Gasteiger charge is 2.31. The molecule has 1 amide bonds. The molecule has 2 atom stereocenters. The number of aryl methyl sites for hydroxylation is 2. The van der Waals surface area contributed by atoms with Gasteiger partial charge in [0.1, 0.15) is 23.8 Å². The van der Waals surface area contributed by atoms with Crippen molar-refractivity contribution in [2.75, 3.05) is 26.2 Å². The molecule has 4 rings (SSSR count). The summed E-state index contributed by atoms with van der Waals surface area (Å²) < 4.78 is 19.8. The lowest BCUT2D eigenvalue weighted by Crippen LogP contribution is -2.46. The molecule has 1 fully saturated rings. The van der Waals surface area contributed by atoms with Crippen LogP contribution in [0.15, 0.2) is 23.9 Å². The molecule has 0 aliphatic carbocycles. The molecule has 1 aromatic carbocycles. The Kier molecular flexibility index (Phi) is 6.32. The number of carbonyl (C=O) groups excluding carboxylic acids is 1. The van der Waals surface area contributed by atoms with Crippen molar-refractivity contribution in [1.29, 1.82) is 0 Å². The summed E-state index contributed by atoms with van der Waals surface area (Å²) in [6.07, 6.45) is -0.741. The lowest BCUT2D eigenvalue weighted by molar-refractivity contribution is 0.0153. The molecule has 1 saturated heterocycles. The number of ether oxygens (including phenoxy) is 1. The smallest absolute Gasteiger partial charge is 0.258 e. The van der Waals surface area contributed by atoms with Crippen molar-refractivity contribution >= 4 is 23.1 Å². The van der Waals surface area contributed by atoms with E-state index in [9.17, 15) is 14.3 Å². The van der Waals surface area contributed by atoms with E-state index < -0.39 is 18.0 Å². The van der Waals surface area contributed by atoms with Gasteiger partial charge in [-0.25, -0.2) is 14.4 Å². The van der Waals surface area contributed by atoms with E-state index in [0.29, 0.717) is 53.0 Å². The van der Waals surface area contributed by atoms with Gasteiger partial charge in [0.05, 0.1) is 35.1 Å². The molecule has 10 heteroatoms. The Morgan fingerprint density at radius 1 is 1.31 bits per heavy atom. The van der Waals surface area contributed by atoms with Crippen LogP contribution in [0.5, 0.6) is 5.75 Å². The molecule has 32 heavy (non-hydrogen) atoms. The summed E-state index contributed by atoms with van der Waals surface area (Å²) in [7, 11) is 0. The SMILES string of the molecule is Cc1nc(C2=C(N)CN(C(=O)c3ccc(F)cc3OC3CCNC[C@@H]3O)C2)nc(C)c1Cl. The average molecular weight is 462 g/mol. The monoisotopic (exact) mass is 461 g/mol. The van der Waals surface area contributed by atoms with E-state index >= 15 is 0 Å². The maximum absolute atomic E-state index is 14.0. The Morgan fingerprint density at radius 3 is 2.72 bits per heavy atom. The summed E-state index contributed by atoms with van der Waals surface area (Å²) in [5.41, 5.74) is 8.83. The van der Waals surface area contributed by atoms with Gasteiger partial charge < -0.3 is 25.8 Å². The van der Waals surface area contributed by atoms with Crippen molar-refractivity contribution < 1.29 is 19.0 Å². The van der Waals surface area contributed by atoms with Gasteiger partial charge in [0.15, 0.2) is 5.82 Å². The predicted molar refractivity (Wildman–Crippen MR) is 118 cm³/mol. The van der Waals surface area contributed by atoms with Crippen LogP contribution in [0.4, 0.5) is 4.39 Å². The highest BCUT2D eigenvalue weighted by Crippen LogP contribution is 2.29. The standard InChI is InChI=1S/C22H25ClFN5O3/c1-11-20(23)12(2)28-21(27-11)15-9-29(10-16(15)25)22(31)14-4-3-13(24)7-19(14)32-18-5-6-26-8-17(18)30/h3-4,7,17-18,26,30H,5-6,8-10,25H2,1-2H3/t17-,18?/m0/s1. The molecule has 2 aliphatic heterocycles. The van der Waals surface area contributed by atoms with Crippen LogP contribution in [-0.2, 0) is 0 Å². The van der Waals surface area contributed by atoms with Crippen molar-refractivity contribution in [1.82, 2.24) is 20.2 Å². The molecule has 0 spiro atoms. The summed E-state index contributed by atoms with van der Waals surface area (Å²) in [4.78, 5) is 23.7. The number of nitrogens with zero attached hydrogens (tertiary/aromatic N) is 3. The first kappa shape index (κ1) is 22.4. The third-order valence-electron chi connectivity index (χ3n) is 5.68. The summed E-state index contributed by atoms with van der Waals surface area (Å²) in [5.74, 6) is -0.350. The van der Waals surface area contributed by atoms with Gasteiger partial charge in [-0.05, 0) is 38.9 Å². The van der Waals surface area contributed by atoms with Crippen molar-refractivity contribution in [3.05, 3.63) is 57.5 Å². The molecule has 0 bridgehead atoms. The van der Waals surface area contributed by atoms with E-state index in [-0.39, 0.29) is 30.3 Å². The van der Waals surface area contributed by atoms with Crippen LogP contribution >= 0.6 is 11.6 Å². The van der Waals surface area contributed by atoms with Crippen LogP contribution in [0.25, 0.3) is 5.57 Å². The molecule has 2 aliphatic rings. The van der Waals surface area contributed by atoms with Crippen LogP contribution < -0.4 is 15.8 Å². The van der Waals surface area contributed by atoms with Gasteiger partial charge in [-0.2, -0.15) is 0 Å². The molecular weight excluding hydrogens is 437 g/mol. The van der Waals surface area contributed by atoms with E-state index in [1.807, 2.05) is 0 Å². The van der Waals surface area contributed by atoms with Gasteiger partial charge in [0, 0.05) is 23.9 Å². The summed E-state index contributed by atoms with van der Waals surface area (Å²) in [5, 5.41) is 13.7. The minimum atomic E-state index is -0.751. The quantitative estimate of drug-likeness (QED) is 0.636. The predicted octanol–water partition coefficient (Wildman–Crippen LogP) is 1.81. The van der Waals surface area contributed by atoms with Crippen LogP contribution in [-0.4, -0.2) is 64.3 Å². The number of aliphatic hydroxyl groups excluding tert-OH is 1. The average Bonchev–Trinajstić information content (AvgIpc) is 3.14. The number of hydrogen-bond donors (Lipinski definition) is 3. The Morgan fingerprint density at radius 2 is 2.03 bits per heavy atom. The molecule has 8 nitrogen and oxygen atoms in total. The van der Waals surface area contributed by atoms with Crippen molar-refractivity contribution in [2.45, 2.75) is 32.5 Å². The molecule has 1 aromatic heterocycles. The van der Waals surface area contributed by atoms with Crippen molar-refractivity contribution in [3.63, 3.8) is 0 Å². The summed E-state index contributed by atoms with van der Waals surface area (Å²) in [6.45, 7) is 5.00. The Labute approximate surface area is 190 Å². The minimum absolute atomic E-state index is 0.0994. The number of aliphatic hydroxyl groups is 1. The van der Waals surface area contributed by atoms with Crippen LogP contribution in [0.1, 0.15) is 34.0 Å². The topological polar surface area (TPSA) is 114 Å². The van der Waals surface area contributed by atoms with Crippen LogP contribution in [0.2, 0.25) is 5.02 Å². The number of β-amino-alcohol motifs (C(OH)–C–C–N with tert-alkyl or cyclic N) is 1. The molecule has 170 valence electrons. The number of rotatable bonds is 4. The maximum atomic E-state index is 14.0.